The van der Waals surface area contributed by atoms with Crippen molar-refractivity contribution in [3.05, 3.63) is 35.9 Å². The van der Waals surface area contributed by atoms with Crippen LogP contribution in [0.4, 0.5) is 0 Å². The number of carbonyl (C=O) groups excluding carboxylic acids is 1. The van der Waals surface area contributed by atoms with Crippen molar-refractivity contribution in [3.8, 4) is 0 Å². The van der Waals surface area contributed by atoms with Crippen molar-refractivity contribution in [1.29, 1.82) is 0 Å². The molecule has 0 fully saturated rings. The molecule has 0 amide bonds. The fourth-order valence-corrected chi connectivity index (χ4v) is 2.08. The van der Waals surface area contributed by atoms with Crippen molar-refractivity contribution in [1.82, 2.24) is 0 Å². The zero-order valence-electron chi connectivity index (χ0n) is 11.7. The second-order valence-corrected chi connectivity index (χ2v) is 4.80. The van der Waals surface area contributed by atoms with E-state index in [1.54, 1.807) is 6.92 Å². The molecule has 0 aliphatic carbocycles. The Kier molecular flexibility index (Phi) is 9.43. The van der Waals surface area contributed by atoms with Crippen LogP contribution in [0.3, 0.4) is 0 Å². The van der Waals surface area contributed by atoms with Crippen molar-refractivity contribution in [2.24, 2.45) is 0 Å². The maximum absolute atomic E-state index is 11.4. The molecule has 0 aliphatic rings. The van der Waals surface area contributed by atoms with E-state index < -0.39 is 11.4 Å². The maximum Gasteiger partial charge on any atom is 1.00 e. The number of carbonyl (C=O) groups is 1. The molecule has 1 aromatic carbocycles. The summed E-state index contributed by atoms with van der Waals surface area (Å²) in [5.74, 6) is -0.972. The molecule has 0 radical (unpaired) electrons. The van der Waals surface area contributed by atoms with Crippen molar-refractivity contribution < 1.29 is 61.3 Å². The molecule has 0 aliphatic heterocycles. The summed E-state index contributed by atoms with van der Waals surface area (Å²) in [5, 5.41) is 11.4. The van der Waals surface area contributed by atoms with Crippen LogP contribution in [0.25, 0.3) is 0 Å². The monoisotopic (exact) mass is 272 g/mol. The molecule has 2 nitrogen and oxygen atoms in total. The normalized spacial score (nSPS) is 13.4. The van der Waals surface area contributed by atoms with Gasteiger partial charge in [0, 0.05) is 5.41 Å². The van der Waals surface area contributed by atoms with Crippen molar-refractivity contribution in [3.63, 3.8) is 0 Å². The van der Waals surface area contributed by atoms with Gasteiger partial charge in [-0.3, -0.25) is 0 Å². The molecule has 1 unspecified atom stereocenters. The Morgan fingerprint density at radius 1 is 1.17 bits per heavy atom. The van der Waals surface area contributed by atoms with Gasteiger partial charge in [-0.15, -0.1) is 0 Å². The molecule has 1 rings (SSSR count). The third kappa shape index (κ3) is 5.14. The van der Waals surface area contributed by atoms with Gasteiger partial charge in [0.15, 0.2) is 0 Å². The van der Waals surface area contributed by atoms with Gasteiger partial charge < -0.3 is 9.90 Å². The number of benzene rings is 1. The SMILES string of the molecule is CCCCCCC(C)(C(=O)[O-])c1ccccc1.[K+]. The van der Waals surface area contributed by atoms with E-state index >= 15 is 0 Å². The minimum atomic E-state index is -0.972. The molecule has 18 heavy (non-hydrogen) atoms. The van der Waals surface area contributed by atoms with E-state index in [2.05, 4.69) is 6.92 Å². The smallest absolute Gasteiger partial charge is 0.549 e. The summed E-state index contributed by atoms with van der Waals surface area (Å²) in [7, 11) is 0. The zero-order chi connectivity index (χ0) is 12.7. The summed E-state index contributed by atoms with van der Waals surface area (Å²) >= 11 is 0. The van der Waals surface area contributed by atoms with E-state index in [9.17, 15) is 9.90 Å². The van der Waals surface area contributed by atoms with Crippen LogP contribution in [0.15, 0.2) is 30.3 Å². The van der Waals surface area contributed by atoms with E-state index in [-0.39, 0.29) is 51.4 Å². The summed E-state index contributed by atoms with van der Waals surface area (Å²) in [6.45, 7) is 3.92. The van der Waals surface area contributed by atoms with Crippen LogP contribution in [0.2, 0.25) is 0 Å². The number of hydrogen-bond acceptors (Lipinski definition) is 2. The van der Waals surface area contributed by atoms with E-state index in [0.29, 0.717) is 6.42 Å². The standard InChI is InChI=1S/C15H22O2.K/c1-3-4-5-9-12-15(2,14(16)17)13-10-7-6-8-11-13;/h6-8,10-11H,3-5,9,12H2,1-2H3,(H,16,17);/q;+1/p-1. The summed E-state index contributed by atoms with van der Waals surface area (Å²) in [6.07, 6.45) is 5.00. The van der Waals surface area contributed by atoms with Gasteiger partial charge in [0.25, 0.3) is 0 Å². The third-order valence-corrected chi connectivity index (χ3v) is 3.39. The van der Waals surface area contributed by atoms with Crippen LogP contribution in [0.1, 0.15) is 51.5 Å². The Bertz CT molecular complexity index is 351. The van der Waals surface area contributed by atoms with Crippen molar-refractivity contribution >= 4 is 5.97 Å². The first kappa shape index (κ1) is 18.3. The quantitative estimate of drug-likeness (QED) is 0.504. The first-order valence-corrected chi connectivity index (χ1v) is 6.38. The van der Waals surface area contributed by atoms with Gasteiger partial charge in [0.1, 0.15) is 0 Å². The predicted molar refractivity (Wildman–Crippen MR) is 67.6 cm³/mol. The van der Waals surface area contributed by atoms with Gasteiger partial charge in [-0.25, -0.2) is 0 Å². The molecule has 0 N–H and O–H groups in total. The van der Waals surface area contributed by atoms with Gasteiger partial charge >= 0.3 is 51.4 Å². The number of unbranched alkanes of at least 4 members (excludes halogenated alkanes) is 3. The first-order valence-electron chi connectivity index (χ1n) is 6.38. The average molecular weight is 272 g/mol. The average Bonchev–Trinajstić information content (AvgIpc) is 2.35. The minimum Gasteiger partial charge on any atom is -0.549 e. The van der Waals surface area contributed by atoms with E-state index in [1.165, 1.54) is 0 Å². The summed E-state index contributed by atoms with van der Waals surface area (Å²) in [4.78, 5) is 11.4. The van der Waals surface area contributed by atoms with E-state index in [0.717, 1.165) is 31.2 Å². The molecule has 0 saturated carbocycles. The van der Waals surface area contributed by atoms with E-state index in [4.69, 9.17) is 0 Å². The summed E-state index contributed by atoms with van der Waals surface area (Å²) < 4.78 is 0. The number of aliphatic carboxylic acids is 1. The van der Waals surface area contributed by atoms with Crippen LogP contribution < -0.4 is 56.5 Å². The number of carboxylic acid groups (broad SMARTS) is 1. The molecule has 3 heteroatoms. The van der Waals surface area contributed by atoms with Gasteiger partial charge in [0.2, 0.25) is 0 Å². The third-order valence-electron chi connectivity index (χ3n) is 3.39. The van der Waals surface area contributed by atoms with Crippen LogP contribution in [0, 0.1) is 0 Å². The summed E-state index contributed by atoms with van der Waals surface area (Å²) in [5.41, 5.74) is -0.00820. The van der Waals surface area contributed by atoms with E-state index in [1.807, 2.05) is 30.3 Å². The topological polar surface area (TPSA) is 40.1 Å². The van der Waals surface area contributed by atoms with Gasteiger partial charge in [-0.05, 0) is 12.0 Å². The molecule has 1 aromatic rings. The molecule has 1 atom stereocenters. The largest absolute Gasteiger partial charge is 1.00 e. The fraction of sp³-hybridized carbons (Fsp3) is 0.533. The van der Waals surface area contributed by atoms with Crippen LogP contribution in [0.5, 0.6) is 0 Å². The molecule has 0 spiro atoms. The number of carboxylic acids is 1. The molecular formula is C15H21KO2. The first-order chi connectivity index (χ1) is 8.11. The predicted octanol–water partition coefficient (Wildman–Crippen LogP) is -0.331. The Labute approximate surface area is 153 Å². The number of rotatable bonds is 7. The van der Waals surface area contributed by atoms with Crippen molar-refractivity contribution in [2.45, 2.75) is 51.4 Å². The van der Waals surface area contributed by atoms with Crippen LogP contribution in [-0.4, -0.2) is 5.97 Å². The van der Waals surface area contributed by atoms with Gasteiger partial charge in [-0.2, -0.15) is 0 Å². The second kappa shape index (κ2) is 9.27. The minimum absolute atomic E-state index is 0. The molecule has 0 aromatic heterocycles. The molecule has 94 valence electrons. The van der Waals surface area contributed by atoms with Gasteiger partial charge in [-0.1, -0.05) is 69.9 Å². The molecule has 0 bridgehead atoms. The fourth-order valence-electron chi connectivity index (χ4n) is 2.08. The van der Waals surface area contributed by atoms with Crippen LogP contribution >= 0.6 is 0 Å². The Balaban J connectivity index is 0.00000289. The van der Waals surface area contributed by atoms with Gasteiger partial charge in [0.05, 0.1) is 5.97 Å². The maximum atomic E-state index is 11.4. The molecule has 0 heterocycles. The molecular weight excluding hydrogens is 251 g/mol. The Morgan fingerprint density at radius 2 is 1.78 bits per heavy atom. The zero-order valence-corrected chi connectivity index (χ0v) is 14.9. The van der Waals surface area contributed by atoms with Crippen LogP contribution in [-0.2, 0) is 10.2 Å². The Morgan fingerprint density at radius 3 is 2.28 bits per heavy atom. The summed E-state index contributed by atoms with van der Waals surface area (Å²) in [6, 6.07) is 9.40. The Hall–Kier alpha value is 0.326. The number of hydrogen-bond donors (Lipinski definition) is 0. The second-order valence-electron chi connectivity index (χ2n) is 4.80. The molecule has 0 saturated heterocycles. The van der Waals surface area contributed by atoms with Crippen molar-refractivity contribution in [2.75, 3.05) is 0 Å².